The molecule has 4 aromatic rings. The molecule has 0 bridgehead atoms. The minimum Gasteiger partial charge on any atom is -0.337 e. The van der Waals surface area contributed by atoms with Crippen molar-refractivity contribution >= 4 is 21.9 Å². The van der Waals surface area contributed by atoms with Crippen LogP contribution in [0.1, 0.15) is 16.7 Å². The zero-order chi connectivity index (χ0) is 14.6. The minimum absolute atomic E-state index is 0.812. The normalized spacial score (nSPS) is 11.6. The van der Waals surface area contributed by atoms with Gasteiger partial charge in [-0.2, -0.15) is 5.10 Å². The Balaban J connectivity index is 1.97. The fourth-order valence-electron chi connectivity index (χ4n) is 2.69. The number of aryl methyl sites for hydroxylation is 3. The van der Waals surface area contributed by atoms with Crippen LogP contribution in [0.15, 0.2) is 30.3 Å². The molecule has 4 rings (SSSR count). The van der Waals surface area contributed by atoms with Gasteiger partial charge in [-0.25, -0.2) is 4.98 Å². The number of benzene rings is 2. The second-order valence-corrected chi connectivity index (χ2v) is 5.66. The molecule has 0 spiro atoms. The zero-order valence-corrected chi connectivity index (χ0v) is 12.3. The van der Waals surface area contributed by atoms with Crippen molar-refractivity contribution in [3.63, 3.8) is 0 Å². The standard InChI is InChI=1S/C17H16N4/c1-9-4-5-13-12(6-9)16(21-20-13)17-18-14-7-10(2)11(3)8-15(14)19-17/h4-8H,1-3H3,(H,18,19)(H,20,21). The van der Waals surface area contributed by atoms with E-state index in [0.717, 1.165) is 33.5 Å². The molecule has 0 aliphatic heterocycles. The van der Waals surface area contributed by atoms with Crippen LogP contribution >= 0.6 is 0 Å². The van der Waals surface area contributed by atoms with Gasteiger partial charge in [0.1, 0.15) is 5.69 Å². The molecule has 2 heterocycles. The average Bonchev–Trinajstić information content (AvgIpc) is 3.02. The summed E-state index contributed by atoms with van der Waals surface area (Å²) in [6.07, 6.45) is 0. The Morgan fingerprint density at radius 3 is 2.57 bits per heavy atom. The molecule has 0 atom stereocenters. The number of hydrogen-bond acceptors (Lipinski definition) is 2. The Morgan fingerprint density at radius 2 is 1.71 bits per heavy atom. The van der Waals surface area contributed by atoms with Gasteiger partial charge in [-0.3, -0.25) is 5.10 Å². The first-order valence-electron chi connectivity index (χ1n) is 7.04. The fraction of sp³-hybridized carbons (Fsp3) is 0.176. The lowest BCUT2D eigenvalue weighted by Gasteiger charge is -1.97. The molecular formula is C17H16N4. The van der Waals surface area contributed by atoms with E-state index in [1.807, 2.05) is 0 Å². The summed E-state index contributed by atoms with van der Waals surface area (Å²) in [7, 11) is 0. The van der Waals surface area contributed by atoms with Crippen LogP contribution in [0.4, 0.5) is 0 Å². The molecule has 0 aliphatic carbocycles. The van der Waals surface area contributed by atoms with Crippen molar-refractivity contribution in [1.82, 2.24) is 20.2 Å². The molecule has 0 radical (unpaired) electrons. The summed E-state index contributed by atoms with van der Waals surface area (Å²) < 4.78 is 0. The molecular weight excluding hydrogens is 260 g/mol. The van der Waals surface area contributed by atoms with Crippen molar-refractivity contribution in [3.8, 4) is 11.5 Å². The smallest absolute Gasteiger partial charge is 0.159 e. The molecule has 2 aromatic carbocycles. The summed E-state index contributed by atoms with van der Waals surface area (Å²) in [6, 6.07) is 10.5. The van der Waals surface area contributed by atoms with E-state index in [4.69, 9.17) is 4.98 Å². The number of aromatic nitrogens is 4. The van der Waals surface area contributed by atoms with E-state index in [2.05, 4.69) is 66.3 Å². The van der Waals surface area contributed by atoms with E-state index in [-0.39, 0.29) is 0 Å². The molecule has 21 heavy (non-hydrogen) atoms. The molecule has 0 saturated carbocycles. The second kappa shape index (κ2) is 4.19. The highest BCUT2D eigenvalue weighted by atomic mass is 15.1. The Hall–Kier alpha value is -2.62. The molecule has 2 N–H and O–H groups in total. The van der Waals surface area contributed by atoms with E-state index < -0.39 is 0 Å². The fourth-order valence-corrected chi connectivity index (χ4v) is 2.69. The van der Waals surface area contributed by atoms with Crippen LogP contribution in [-0.2, 0) is 0 Å². The summed E-state index contributed by atoms with van der Waals surface area (Å²) in [5.74, 6) is 0.812. The van der Waals surface area contributed by atoms with Gasteiger partial charge in [0, 0.05) is 5.39 Å². The maximum absolute atomic E-state index is 4.70. The SMILES string of the molecule is Cc1ccc2[nH]nc(-c3nc4cc(C)c(C)cc4[nH]3)c2c1. The second-order valence-electron chi connectivity index (χ2n) is 5.66. The van der Waals surface area contributed by atoms with Gasteiger partial charge in [0.2, 0.25) is 0 Å². The van der Waals surface area contributed by atoms with E-state index in [1.54, 1.807) is 0 Å². The number of imidazole rings is 1. The first-order valence-corrected chi connectivity index (χ1v) is 7.04. The highest BCUT2D eigenvalue weighted by Gasteiger charge is 2.13. The lowest BCUT2D eigenvalue weighted by atomic mass is 10.1. The van der Waals surface area contributed by atoms with Crippen molar-refractivity contribution in [2.24, 2.45) is 0 Å². The zero-order valence-electron chi connectivity index (χ0n) is 12.3. The van der Waals surface area contributed by atoms with Crippen LogP contribution in [-0.4, -0.2) is 20.2 Å². The van der Waals surface area contributed by atoms with Crippen molar-refractivity contribution in [3.05, 3.63) is 47.0 Å². The lowest BCUT2D eigenvalue weighted by molar-refractivity contribution is 1.11. The molecule has 4 heteroatoms. The molecule has 104 valence electrons. The van der Waals surface area contributed by atoms with Gasteiger partial charge in [-0.1, -0.05) is 11.6 Å². The Morgan fingerprint density at radius 1 is 0.905 bits per heavy atom. The Labute approximate surface area is 122 Å². The van der Waals surface area contributed by atoms with Gasteiger partial charge in [0.25, 0.3) is 0 Å². The monoisotopic (exact) mass is 276 g/mol. The summed E-state index contributed by atoms with van der Waals surface area (Å²) in [5.41, 5.74) is 7.68. The third-order valence-corrected chi connectivity index (χ3v) is 4.04. The lowest BCUT2D eigenvalue weighted by Crippen LogP contribution is -1.81. The third kappa shape index (κ3) is 1.83. The predicted molar refractivity (Wildman–Crippen MR) is 85.4 cm³/mol. The Kier molecular flexibility index (Phi) is 2.42. The van der Waals surface area contributed by atoms with Crippen LogP contribution in [0.25, 0.3) is 33.5 Å². The van der Waals surface area contributed by atoms with Crippen molar-refractivity contribution in [2.75, 3.05) is 0 Å². The largest absolute Gasteiger partial charge is 0.337 e. The van der Waals surface area contributed by atoms with Gasteiger partial charge in [-0.15, -0.1) is 0 Å². The van der Waals surface area contributed by atoms with Gasteiger partial charge in [-0.05, 0) is 56.2 Å². The molecule has 0 amide bonds. The Bertz CT molecular complexity index is 936. The maximum Gasteiger partial charge on any atom is 0.159 e. The highest BCUT2D eigenvalue weighted by molar-refractivity contribution is 5.93. The van der Waals surface area contributed by atoms with Crippen LogP contribution < -0.4 is 0 Å². The number of fused-ring (bicyclic) bond motifs is 2. The summed E-state index contributed by atoms with van der Waals surface area (Å²) in [4.78, 5) is 8.08. The predicted octanol–water partition coefficient (Wildman–Crippen LogP) is 4.03. The summed E-state index contributed by atoms with van der Waals surface area (Å²) in [6.45, 7) is 6.31. The number of nitrogens with one attached hydrogen (secondary N) is 2. The van der Waals surface area contributed by atoms with E-state index >= 15 is 0 Å². The van der Waals surface area contributed by atoms with E-state index in [0.29, 0.717) is 0 Å². The maximum atomic E-state index is 4.70. The molecule has 4 nitrogen and oxygen atoms in total. The summed E-state index contributed by atoms with van der Waals surface area (Å²) >= 11 is 0. The third-order valence-electron chi connectivity index (χ3n) is 4.04. The molecule has 0 aliphatic rings. The number of nitrogens with zero attached hydrogens (tertiary/aromatic N) is 2. The number of rotatable bonds is 1. The molecule has 0 fully saturated rings. The van der Waals surface area contributed by atoms with Crippen LogP contribution in [0.3, 0.4) is 0 Å². The van der Waals surface area contributed by atoms with E-state index in [9.17, 15) is 0 Å². The van der Waals surface area contributed by atoms with Crippen molar-refractivity contribution in [2.45, 2.75) is 20.8 Å². The molecule has 0 saturated heterocycles. The molecule has 2 aromatic heterocycles. The average molecular weight is 276 g/mol. The topological polar surface area (TPSA) is 57.4 Å². The van der Waals surface area contributed by atoms with Crippen molar-refractivity contribution in [1.29, 1.82) is 0 Å². The quantitative estimate of drug-likeness (QED) is 0.551. The van der Waals surface area contributed by atoms with Gasteiger partial charge < -0.3 is 4.98 Å². The van der Waals surface area contributed by atoms with Crippen LogP contribution in [0, 0.1) is 20.8 Å². The highest BCUT2D eigenvalue weighted by Crippen LogP contribution is 2.27. The first kappa shape index (κ1) is 12.1. The number of H-pyrrole nitrogens is 2. The first-order chi connectivity index (χ1) is 10.1. The summed E-state index contributed by atoms with van der Waals surface area (Å²) in [5, 5.41) is 8.60. The van der Waals surface area contributed by atoms with Gasteiger partial charge in [0.05, 0.1) is 16.6 Å². The molecule has 0 unspecified atom stereocenters. The van der Waals surface area contributed by atoms with E-state index in [1.165, 1.54) is 16.7 Å². The number of aromatic amines is 2. The minimum atomic E-state index is 0.812. The van der Waals surface area contributed by atoms with Crippen LogP contribution in [0.2, 0.25) is 0 Å². The number of hydrogen-bond donors (Lipinski definition) is 2. The van der Waals surface area contributed by atoms with Gasteiger partial charge in [0.15, 0.2) is 5.82 Å². The van der Waals surface area contributed by atoms with Crippen LogP contribution in [0.5, 0.6) is 0 Å². The van der Waals surface area contributed by atoms with Crippen molar-refractivity contribution < 1.29 is 0 Å². The van der Waals surface area contributed by atoms with Gasteiger partial charge >= 0.3 is 0 Å².